The lowest BCUT2D eigenvalue weighted by atomic mass is 10.6. The first kappa shape index (κ1) is 10.3. The van der Waals surface area contributed by atoms with Crippen LogP contribution in [0.1, 0.15) is 20.8 Å². The summed E-state index contributed by atoms with van der Waals surface area (Å²) in [5.74, 6) is 0. The first-order chi connectivity index (χ1) is 4.36. The Morgan fingerprint density at radius 3 is 1.80 bits per heavy atom. The highest BCUT2D eigenvalue weighted by atomic mass is 32.2. The van der Waals surface area contributed by atoms with Gasteiger partial charge in [0.25, 0.3) is 0 Å². The molecule has 62 valence electrons. The number of sulfonamides is 1. The molecule has 0 aliphatic heterocycles. The quantitative estimate of drug-likeness (QED) is 0.497. The van der Waals surface area contributed by atoms with Gasteiger partial charge in [0.2, 0.25) is 10.0 Å². The summed E-state index contributed by atoms with van der Waals surface area (Å²) in [5.41, 5.74) is 0. The normalized spacial score (nSPS) is 15.7. The molecule has 1 atom stereocenters. The SMILES string of the molecule is CC(C)S(=O)(=O)N[C@H](C)S. The van der Waals surface area contributed by atoms with E-state index >= 15 is 0 Å². The zero-order valence-electron chi connectivity index (χ0n) is 6.33. The van der Waals surface area contributed by atoms with Crippen LogP contribution in [0.4, 0.5) is 0 Å². The molecule has 5 heteroatoms. The molecule has 0 aromatic heterocycles. The van der Waals surface area contributed by atoms with Crippen LogP contribution in [0.15, 0.2) is 0 Å². The van der Waals surface area contributed by atoms with E-state index in [9.17, 15) is 8.42 Å². The summed E-state index contributed by atoms with van der Waals surface area (Å²) < 4.78 is 24.3. The van der Waals surface area contributed by atoms with Gasteiger partial charge in [-0.25, -0.2) is 13.1 Å². The van der Waals surface area contributed by atoms with Gasteiger partial charge in [-0.1, -0.05) is 0 Å². The lowest BCUT2D eigenvalue weighted by Gasteiger charge is -2.10. The molecule has 0 aliphatic carbocycles. The third-order valence-corrected chi connectivity index (χ3v) is 3.18. The molecule has 0 spiro atoms. The molecule has 0 rings (SSSR count). The van der Waals surface area contributed by atoms with Crippen LogP contribution >= 0.6 is 12.6 Å². The van der Waals surface area contributed by atoms with Gasteiger partial charge in [0.05, 0.1) is 10.6 Å². The summed E-state index contributed by atoms with van der Waals surface area (Å²) in [6.07, 6.45) is 0. The maximum Gasteiger partial charge on any atom is 0.214 e. The van der Waals surface area contributed by atoms with E-state index in [1.54, 1.807) is 20.8 Å². The van der Waals surface area contributed by atoms with Crippen LogP contribution in [-0.2, 0) is 10.0 Å². The predicted molar refractivity (Wildman–Crippen MR) is 45.6 cm³/mol. The summed E-state index contributed by atoms with van der Waals surface area (Å²) in [6.45, 7) is 4.92. The van der Waals surface area contributed by atoms with Crippen LogP contribution in [0.25, 0.3) is 0 Å². The highest BCUT2D eigenvalue weighted by Crippen LogP contribution is 1.99. The van der Waals surface area contributed by atoms with E-state index < -0.39 is 10.0 Å². The van der Waals surface area contributed by atoms with E-state index in [-0.39, 0.29) is 10.6 Å². The van der Waals surface area contributed by atoms with Crippen molar-refractivity contribution >= 4 is 22.7 Å². The Morgan fingerprint density at radius 1 is 1.30 bits per heavy atom. The van der Waals surface area contributed by atoms with Crippen LogP contribution < -0.4 is 4.72 Å². The second-order valence-corrected chi connectivity index (χ2v) is 5.43. The minimum absolute atomic E-state index is 0.313. The van der Waals surface area contributed by atoms with Crippen molar-refractivity contribution in [1.29, 1.82) is 0 Å². The Bertz CT molecular complexity index is 184. The molecule has 0 aromatic carbocycles. The number of hydrogen-bond acceptors (Lipinski definition) is 3. The molecule has 0 saturated heterocycles. The fourth-order valence-electron chi connectivity index (χ4n) is 0.374. The van der Waals surface area contributed by atoms with Crippen LogP contribution in [0.3, 0.4) is 0 Å². The average Bonchev–Trinajstić information content (AvgIpc) is 1.60. The number of thiol groups is 1. The minimum Gasteiger partial charge on any atom is -0.212 e. The third-order valence-electron chi connectivity index (χ3n) is 0.955. The molecule has 0 heterocycles. The molecule has 0 unspecified atom stereocenters. The smallest absolute Gasteiger partial charge is 0.212 e. The summed E-state index contributed by atoms with van der Waals surface area (Å²) in [5, 5.41) is -0.700. The molecular formula is C5H13NO2S2. The molecule has 0 amide bonds. The molecule has 0 aliphatic rings. The standard InChI is InChI=1S/C5H13NO2S2/c1-4(2)10(7,8)6-5(3)9/h4-6,9H,1-3H3/t5-/m0/s1. The molecule has 10 heavy (non-hydrogen) atoms. The van der Waals surface area contributed by atoms with Crippen LogP contribution in [-0.4, -0.2) is 19.0 Å². The largest absolute Gasteiger partial charge is 0.214 e. The number of nitrogens with one attached hydrogen (secondary N) is 1. The average molecular weight is 183 g/mol. The fourth-order valence-corrected chi connectivity index (χ4v) is 1.56. The molecule has 0 aromatic rings. The van der Waals surface area contributed by atoms with E-state index in [0.29, 0.717) is 0 Å². The Morgan fingerprint density at radius 2 is 1.70 bits per heavy atom. The van der Waals surface area contributed by atoms with E-state index in [2.05, 4.69) is 17.4 Å². The van der Waals surface area contributed by atoms with Gasteiger partial charge in [0.15, 0.2) is 0 Å². The van der Waals surface area contributed by atoms with Gasteiger partial charge in [-0.05, 0) is 20.8 Å². The summed E-state index contributed by atoms with van der Waals surface area (Å²) in [7, 11) is -3.12. The van der Waals surface area contributed by atoms with Crippen molar-refractivity contribution in [3.63, 3.8) is 0 Å². The summed E-state index contributed by atoms with van der Waals surface area (Å²) in [4.78, 5) is 0. The van der Waals surface area contributed by atoms with Gasteiger partial charge < -0.3 is 0 Å². The highest BCUT2D eigenvalue weighted by Gasteiger charge is 2.16. The van der Waals surface area contributed by atoms with E-state index in [0.717, 1.165) is 0 Å². The maximum absolute atomic E-state index is 11.0. The van der Waals surface area contributed by atoms with Crippen molar-refractivity contribution in [2.45, 2.75) is 31.4 Å². The van der Waals surface area contributed by atoms with Gasteiger partial charge in [-0.3, -0.25) is 0 Å². The van der Waals surface area contributed by atoms with E-state index in [4.69, 9.17) is 0 Å². The van der Waals surface area contributed by atoms with Crippen molar-refractivity contribution < 1.29 is 8.42 Å². The van der Waals surface area contributed by atoms with Crippen LogP contribution in [0.2, 0.25) is 0 Å². The fraction of sp³-hybridized carbons (Fsp3) is 1.00. The van der Waals surface area contributed by atoms with Gasteiger partial charge in [-0.15, -0.1) is 0 Å². The minimum atomic E-state index is -3.12. The highest BCUT2D eigenvalue weighted by molar-refractivity contribution is 7.91. The lowest BCUT2D eigenvalue weighted by Crippen LogP contribution is -2.34. The first-order valence-electron chi connectivity index (χ1n) is 3.05. The van der Waals surface area contributed by atoms with Crippen molar-refractivity contribution in [3.05, 3.63) is 0 Å². The molecular weight excluding hydrogens is 170 g/mol. The second kappa shape index (κ2) is 3.59. The van der Waals surface area contributed by atoms with Gasteiger partial charge >= 0.3 is 0 Å². The molecule has 0 fully saturated rings. The predicted octanol–water partition coefficient (Wildman–Crippen LogP) is 0.590. The second-order valence-electron chi connectivity index (χ2n) is 2.39. The Labute approximate surface area is 67.7 Å². The van der Waals surface area contributed by atoms with Crippen molar-refractivity contribution in [3.8, 4) is 0 Å². The molecule has 1 N–H and O–H groups in total. The van der Waals surface area contributed by atoms with E-state index in [1.807, 2.05) is 0 Å². The molecule has 0 radical (unpaired) electrons. The Kier molecular flexibility index (Phi) is 3.69. The van der Waals surface area contributed by atoms with Gasteiger partial charge in [0, 0.05) is 0 Å². The summed E-state index contributed by atoms with van der Waals surface area (Å²) in [6, 6.07) is 0. The van der Waals surface area contributed by atoms with Crippen LogP contribution in [0.5, 0.6) is 0 Å². The Hall–Kier alpha value is 0.260. The zero-order chi connectivity index (χ0) is 8.36. The molecule has 3 nitrogen and oxygen atoms in total. The van der Waals surface area contributed by atoms with Crippen molar-refractivity contribution in [2.24, 2.45) is 0 Å². The number of hydrogen-bond donors (Lipinski definition) is 2. The monoisotopic (exact) mass is 183 g/mol. The first-order valence-corrected chi connectivity index (χ1v) is 5.11. The van der Waals surface area contributed by atoms with Gasteiger partial charge in [0.1, 0.15) is 0 Å². The Balaban J connectivity index is 4.16. The molecule has 0 bridgehead atoms. The topological polar surface area (TPSA) is 46.2 Å². The van der Waals surface area contributed by atoms with Gasteiger partial charge in [-0.2, -0.15) is 12.6 Å². The van der Waals surface area contributed by atoms with Crippen molar-refractivity contribution in [1.82, 2.24) is 4.72 Å². The summed E-state index contributed by atoms with van der Waals surface area (Å²) >= 11 is 3.90. The van der Waals surface area contributed by atoms with Crippen LogP contribution in [0, 0.1) is 0 Å². The zero-order valence-corrected chi connectivity index (χ0v) is 8.04. The van der Waals surface area contributed by atoms with Crippen molar-refractivity contribution in [2.75, 3.05) is 0 Å². The van der Waals surface area contributed by atoms with E-state index in [1.165, 1.54) is 0 Å². The third kappa shape index (κ3) is 3.43. The maximum atomic E-state index is 11.0. The lowest BCUT2D eigenvalue weighted by molar-refractivity contribution is 0.572. The number of rotatable bonds is 3. The molecule has 0 saturated carbocycles.